The van der Waals surface area contributed by atoms with Crippen molar-refractivity contribution in [1.29, 1.82) is 0 Å². The molecule has 1 aliphatic rings. The summed E-state index contributed by atoms with van der Waals surface area (Å²) in [6.07, 6.45) is -0.197. The van der Waals surface area contributed by atoms with Crippen molar-refractivity contribution < 1.29 is 13.7 Å². The van der Waals surface area contributed by atoms with Crippen LogP contribution in [0.1, 0.15) is 50.2 Å². The fourth-order valence-electron chi connectivity index (χ4n) is 3.06. The third-order valence-electron chi connectivity index (χ3n) is 4.45. The first-order valence-electron chi connectivity index (χ1n) is 9.17. The Hall–Kier alpha value is -1.83. The maximum Gasteiger partial charge on any atom is 0.240 e. The van der Waals surface area contributed by atoms with E-state index in [9.17, 15) is 4.39 Å². The number of halogens is 1. The van der Waals surface area contributed by atoms with Crippen LogP contribution in [0.5, 0.6) is 0 Å². The van der Waals surface area contributed by atoms with E-state index in [4.69, 9.17) is 9.26 Å². The summed E-state index contributed by atoms with van der Waals surface area (Å²) < 4.78 is 24.8. The number of hydrogen-bond donors (Lipinski definition) is 1. The van der Waals surface area contributed by atoms with E-state index in [-0.39, 0.29) is 18.0 Å². The highest BCUT2D eigenvalue weighted by atomic mass is 19.1. The predicted molar refractivity (Wildman–Crippen MR) is 95.9 cm³/mol. The van der Waals surface area contributed by atoms with E-state index in [1.54, 1.807) is 12.1 Å². The Balaban J connectivity index is 1.67. The third-order valence-corrected chi connectivity index (χ3v) is 4.45. The minimum atomic E-state index is -0.218. The van der Waals surface area contributed by atoms with Gasteiger partial charge in [0.15, 0.2) is 5.82 Å². The zero-order valence-corrected chi connectivity index (χ0v) is 15.6. The minimum absolute atomic E-state index is 0.0735. The summed E-state index contributed by atoms with van der Waals surface area (Å²) in [4.78, 5) is 6.73. The van der Waals surface area contributed by atoms with Gasteiger partial charge in [-0.1, -0.05) is 31.1 Å². The molecule has 2 atom stereocenters. The molecule has 2 heterocycles. The normalized spacial score (nSPS) is 19.8. The standard InChI is InChI=1S/C19H27FN4O2/c1-13(2)12-25-14(3)19-22-18(26-23-19)11-24-8-7-21-10-17(24)15-5-4-6-16(20)9-15/h4-6,9,13-14,17,21H,7-8,10-12H2,1-3H3. The SMILES string of the molecule is CC(C)COC(C)c1noc(CN2CCNCC2c2cccc(F)c2)n1. The van der Waals surface area contributed by atoms with Gasteiger partial charge in [0.05, 0.1) is 6.54 Å². The Morgan fingerprint density at radius 3 is 3.00 bits per heavy atom. The van der Waals surface area contributed by atoms with Crippen LogP contribution in [0.15, 0.2) is 28.8 Å². The number of aromatic nitrogens is 2. The van der Waals surface area contributed by atoms with Crippen LogP contribution >= 0.6 is 0 Å². The first-order valence-corrected chi connectivity index (χ1v) is 9.17. The third kappa shape index (κ3) is 4.87. The summed E-state index contributed by atoms with van der Waals surface area (Å²) in [5.74, 6) is 1.36. The van der Waals surface area contributed by atoms with Crippen molar-refractivity contribution in [1.82, 2.24) is 20.4 Å². The van der Waals surface area contributed by atoms with Crippen molar-refractivity contribution in [2.75, 3.05) is 26.2 Å². The molecule has 1 aromatic heterocycles. The van der Waals surface area contributed by atoms with E-state index < -0.39 is 0 Å². The zero-order chi connectivity index (χ0) is 18.5. The zero-order valence-electron chi connectivity index (χ0n) is 15.6. The fraction of sp³-hybridized carbons (Fsp3) is 0.579. The molecule has 26 heavy (non-hydrogen) atoms. The summed E-state index contributed by atoms with van der Waals surface area (Å²) in [5.41, 5.74) is 0.950. The van der Waals surface area contributed by atoms with Gasteiger partial charge in [-0.2, -0.15) is 4.98 Å². The quantitative estimate of drug-likeness (QED) is 0.817. The second-order valence-electron chi connectivity index (χ2n) is 7.16. The Morgan fingerprint density at radius 1 is 1.38 bits per heavy atom. The van der Waals surface area contributed by atoms with Gasteiger partial charge in [0.2, 0.25) is 5.89 Å². The highest BCUT2D eigenvalue weighted by molar-refractivity contribution is 5.21. The van der Waals surface area contributed by atoms with Crippen LogP contribution in [-0.4, -0.2) is 41.3 Å². The first kappa shape index (κ1) is 18.9. The first-order chi connectivity index (χ1) is 12.5. The molecule has 1 aromatic carbocycles. The minimum Gasteiger partial charge on any atom is -0.370 e. The Labute approximate surface area is 153 Å². The average molecular weight is 362 g/mol. The molecule has 0 amide bonds. The molecule has 1 fully saturated rings. The van der Waals surface area contributed by atoms with E-state index in [1.165, 1.54) is 6.07 Å². The molecule has 0 saturated carbocycles. The Kier molecular flexibility index (Phi) is 6.34. The topological polar surface area (TPSA) is 63.4 Å². The van der Waals surface area contributed by atoms with Crippen LogP contribution in [0.4, 0.5) is 4.39 Å². The molecule has 1 saturated heterocycles. The van der Waals surface area contributed by atoms with Crippen LogP contribution in [0, 0.1) is 11.7 Å². The number of nitrogens with one attached hydrogen (secondary N) is 1. The molecule has 0 radical (unpaired) electrons. The Bertz CT molecular complexity index is 706. The summed E-state index contributed by atoms with van der Waals surface area (Å²) in [6, 6.07) is 6.83. The predicted octanol–water partition coefficient (Wildman–Crippen LogP) is 3.09. The largest absolute Gasteiger partial charge is 0.370 e. The second-order valence-corrected chi connectivity index (χ2v) is 7.16. The second kappa shape index (κ2) is 8.70. The van der Waals surface area contributed by atoms with Crippen LogP contribution in [0.25, 0.3) is 0 Å². The van der Waals surface area contributed by atoms with Crippen LogP contribution < -0.4 is 5.32 Å². The van der Waals surface area contributed by atoms with Crippen molar-refractivity contribution in [2.45, 2.75) is 39.5 Å². The molecular weight excluding hydrogens is 335 g/mol. The molecule has 7 heteroatoms. The van der Waals surface area contributed by atoms with Crippen molar-refractivity contribution in [2.24, 2.45) is 5.92 Å². The van der Waals surface area contributed by atoms with Gasteiger partial charge in [-0.25, -0.2) is 4.39 Å². The van der Waals surface area contributed by atoms with Crippen molar-refractivity contribution >= 4 is 0 Å². The van der Waals surface area contributed by atoms with Crippen molar-refractivity contribution in [3.63, 3.8) is 0 Å². The van der Waals surface area contributed by atoms with E-state index in [2.05, 4.69) is 34.2 Å². The molecule has 142 valence electrons. The molecule has 0 bridgehead atoms. The van der Waals surface area contributed by atoms with E-state index in [0.717, 1.165) is 25.2 Å². The lowest BCUT2D eigenvalue weighted by molar-refractivity contribution is 0.0402. The number of benzene rings is 1. The van der Waals surface area contributed by atoms with E-state index in [0.29, 0.717) is 30.8 Å². The fourth-order valence-corrected chi connectivity index (χ4v) is 3.06. The lowest BCUT2D eigenvalue weighted by Crippen LogP contribution is -2.45. The van der Waals surface area contributed by atoms with Crippen molar-refractivity contribution in [3.8, 4) is 0 Å². The van der Waals surface area contributed by atoms with Gasteiger partial charge in [-0.3, -0.25) is 4.90 Å². The van der Waals surface area contributed by atoms with Gasteiger partial charge in [0, 0.05) is 32.3 Å². The lowest BCUT2D eigenvalue weighted by Gasteiger charge is -2.35. The van der Waals surface area contributed by atoms with Gasteiger partial charge >= 0.3 is 0 Å². The molecular formula is C19H27FN4O2. The lowest BCUT2D eigenvalue weighted by atomic mass is 10.0. The van der Waals surface area contributed by atoms with Gasteiger partial charge in [-0.15, -0.1) is 0 Å². The van der Waals surface area contributed by atoms with E-state index in [1.807, 2.05) is 13.0 Å². The maximum absolute atomic E-state index is 13.6. The van der Waals surface area contributed by atoms with Crippen LogP contribution in [-0.2, 0) is 11.3 Å². The average Bonchev–Trinajstić information content (AvgIpc) is 3.09. The summed E-state index contributed by atoms with van der Waals surface area (Å²) in [6.45, 7) is 9.79. The molecule has 2 aromatic rings. The molecule has 3 rings (SSSR count). The van der Waals surface area contributed by atoms with Crippen LogP contribution in [0.2, 0.25) is 0 Å². The molecule has 1 aliphatic heterocycles. The van der Waals surface area contributed by atoms with Gasteiger partial charge in [0.1, 0.15) is 11.9 Å². The van der Waals surface area contributed by atoms with Gasteiger partial charge in [-0.05, 0) is 30.5 Å². The van der Waals surface area contributed by atoms with Crippen LogP contribution in [0.3, 0.4) is 0 Å². The molecule has 0 aliphatic carbocycles. The summed E-state index contributed by atoms with van der Waals surface area (Å²) in [7, 11) is 0. The van der Waals surface area contributed by atoms with E-state index >= 15 is 0 Å². The van der Waals surface area contributed by atoms with Crippen molar-refractivity contribution in [3.05, 3.63) is 47.4 Å². The molecule has 2 unspecified atom stereocenters. The number of nitrogens with zero attached hydrogens (tertiary/aromatic N) is 3. The summed E-state index contributed by atoms with van der Waals surface area (Å²) in [5, 5.41) is 7.43. The number of ether oxygens (including phenoxy) is 1. The van der Waals surface area contributed by atoms with Gasteiger partial charge < -0.3 is 14.6 Å². The summed E-state index contributed by atoms with van der Waals surface area (Å²) >= 11 is 0. The highest BCUT2D eigenvalue weighted by Crippen LogP contribution is 2.25. The van der Waals surface area contributed by atoms with Gasteiger partial charge in [0.25, 0.3) is 0 Å². The number of piperazine rings is 1. The monoisotopic (exact) mass is 362 g/mol. The number of rotatable bonds is 7. The smallest absolute Gasteiger partial charge is 0.240 e. The molecule has 0 spiro atoms. The highest BCUT2D eigenvalue weighted by Gasteiger charge is 2.26. The Morgan fingerprint density at radius 2 is 2.23 bits per heavy atom. The molecule has 1 N–H and O–H groups in total. The maximum atomic E-state index is 13.6. The number of hydrogen-bond acceptors (Lipinski definition) is 6. The molecule has 6 nitrogen and oxygen atoms in total.